The first-order valence-electron chi connectivity index (χ1n) is 8.76. The Morgan fingerprint density at radius 3 is 2.74 bits per heavy atom. The van der Waals surface area contributed by atoms with Gasteiger partial charge in [0, 0.05) is 12.5 Å². The lowest BCUT2D eigenvalue weighted by Gasteiger charge is -2.30. The molecule has 3 rings (SSSR count). The van der Waals surface area contributed by atoms with Gasteiger partial charge in [0.2, 0.25) is 11.8 Å². The molecule has 4 nitrogen and oxygen atoms in total. The molecule has 0 unspecified atom stereocenters. The van der Waals surface area contributed by atoms with Crippen LogP contribution < -0.4 is 5.32 Å². The SMILES string of the molecule is CC(C)C(=O)N1CCC[C@H]1C(=O)N[C@@H]1CCCc2ccccc21. The monoisotopic (exact) mass is 314 g/mol. The number of carbonyl (C=O) groups excluding carboxylic acids is 2. The number of likely N-dealkylation sites (tertiary alicyclic amines) is 1. The number of benzene rings is 1. The maximum absolute atomic E-state index is 12.8. The van der Waals surface area contributed by atoms with E-state index in [2.05, 4.69) is 23.5 Å². The van der Waals surface area contributed by atoms with Crippen molar-refractivity contribution in [1.29, 1.82) is 0 Å². The van der Waals surface area contributed by atoms with Gasteiger partial charge in [-0.3, -0.25) is 9.59 Å². The smallest absolute Gasteiger partial charge is 0.243 e. The van der Waals surface area contributed by atoms with E-state index in [1.807, 2.05) is 19.9 Å². The van der Waals surface area contributed by atoms with Gasteiger partial charge in [0.05, 0.1) is 6.04 Å². The first-order chi connectivity index (χ1) is 11.1. The predicted molar refractivity (Wildman–Crippen MR) is 89.8 cm³/mol. The summed E-state index contributed by atoms with van der Waals surface area (Å²) in [5.74, 6) is 0.0451. The first-order valence-corrected chi connectivity index (χ1v) is 8.76. The molecule has 1 aliphatic carbocycles. The fourth-order valence-electron chi connectivity index (χ4n) is 3.81. The van der Waals surface area contributed by atoms with Crippen LogP contribution in [0.5, 0.6) is 0 Å². The third-order valence-corrected chi connectivity index (χ3v) is 5.02. The van der Waals surface area contributed by atoms with Crippen molar-refractivity contribution in [3.63, 3.8) is 0 Å². The van der Waals surface area contributed by atoms with E-state index in [0.29, 0.717) is 6.54 Å². The number of hydrogen-bond donors (Lipinski definition) is 1. The topological polar surface area (TPSA) is 49.4 Å². The van der Waals surface area contributed by atoms with Crippen molar-refractivity contribution in [3.05, 3.63) is 35.4 Å². The minimum Gasteiger partial charge on any atom is -0.347 e. The highest BCUT2D eigenvalue weighted by atomic mass is 16.2. The average Bonchev–Trinajstić information content (AvgIpc) is 3.04. The van der Waals surface area contributed by atoms with Gasteiger partial charge in [-0.1, -0.05) is 38.1 Å². The predicted octanol–water partition coefficient (Wildman–Crippen LogP) is 2.83. The van der Waals surface area contributed by atoms with E-state index in [4.69, 9.17) is 0 Å². The molecule has 1 aromatic rings. The molecule has 4 heteroatoms. The summed E-state index contributed by atoms with van der Waals surface area (Å²) < 4.78 is 0. The Morgan fingerprint density at radius 2 is 1.96 bits per heavy atom. The van der Waals surface area contributed by atoms with Crippen molar-refractivity contribution >= 4 is 11.8 Å². The number of nitrogens with one attached hydrogen (secondary N) is 1. The molecule has 0 spiro atoms. The van der Waals surface area contributed by atoms with E-state index < -0.39 is 0 Å². The van der Waals surface area contributed by atoms with Crippen LogP contribution in [0.15, 0.2) is 24.3 Å². The van der Waals surface area contributed by atoms with Gasteiger partial charge in [0.1, 0.15) is 6.04 Å². The molecule has 0 aromatic heterocycles. The summed E-state index contributed by atoms with van der Waals surface area (Å²) in [7, 11) is 0. The van der Waals surface area contributed by atoms with Crippen LogP contribution in [-0.4, -0.2) is 29.3 Å². The summed E-state index contributed by atoms with van der Waals surface area (Å²) in [6, 6.07) is 8.16. The summed E-state index contributed by atoms with van der Waals surface area (Å²) in [5, 5.41) is 3.21. The molecule has 1 heterocycles. The fraction of sp³-hybridized carbons (Fsp3) is 0.579. The fourth-order valence-corrected chi connectivity index (χ4v) is 3.81. The largest absolute Gasteiger partial charge is 0.347 e. The Balaban J connectivity index is 1.71. The van der Waals surface area contributed by atoms with Gasteiger partial charge in [-0.05, 0) is 43.2 Å². The zero-order chi connectivity index (χ0) is 16.4. The number of carbonyl (C=O) groups is 2. The molecule has 1 aromatic carbocycles. The third kappa shape index (κ3) is 3.26. The van der Waals surface area contributed by atoms with Crippen LogP contribution >= 0.6 is 0 Å². The molecule has 0 radical (unpaired) electrons. The number of aryl methyl sites for hydroxylation is 1. The molecule has 0 saturated carbocycles. The quantitative estimate of drug-likeness (QED) is 0.932. The second-order valence-electron chi connectivity index (χ2n) is 7.00. The Morgan fingerprint density at radius 1 is 1.17 bits per heavy atom. The van der Waals surface area contributed by atoms with E-state index >= 15 is 0 Å². The molecular weight excluding hydrogens is 288 g/mol. The molecule has 124 valence electrons. The van der Waals surface area contributed by atoms with E-state index in [1.54, 1.807) is 4.90 Å². The normalized spacial score (nSPS) is 23.7. The maximum Gasteiger partial charge on any atom is 0.243 e. The van der Waals surface area contributed by atoms with Crippen molar-refractivity contribution in [2.24, 2.45) is 5.92 Å². The van der Waals surface area contributed by atoms with Crippen LogP contribution in [0, 0.1) is 5.92 Å². The Kier molecular flexibility index (Phi) is 4.69. The van der Waals surface area contributed by atoms with Crippen molar-refractivity contribution < 1.29 is 9.59 Å². The number of hydrogen-bond acceptors (Lipinski definition) is 2. The van der Waals surface area contributed by atoms with Crippen molar-refractivity contribution in [2.45, 2.75) is 58.0 Å². The highest BCUT2D eigenvalue weighted by Crippen LogP contribution is 2.30. The second-order valence-corrected chi connectivity index (χ2v) is 7.00. The molecule has 1 saturated heterocycles. The van der Waals surface area contributed by atoms with Gasteiger partial charge in [-0.2, -0.15) is 0 Å². The molecule has 1 N–H and O–H groups in total. The van der Waals surface area contributed by atoms with E-state index in [0.717, 1.165) is 32.1 Å². The average molecular weight is 314 g/mol. The molecule has 0 bridgehead atoms. The lowest BCUT2D eigenvalue weighted by Crippen LogP contribution is -2.48. The molecule has 1 aliphatic heterocycles. The standard InChI is InChI=1S/C19H26N2O2/c1-13(2)19(23)21-12-6-11-17(21)18(22)20-16-10-5-8-14-7-3-4-9-15(14)16/h3-4,7,9,13,16-17H,5-6,8,10-12H2,1-2H3,(H,20,22)/t16-,17+/m1/s1. The van der Waals surface area contributed by atoms with Crippen LogP contribution in [-0.2, 0) is 16.0 Å². The lowest BCUT2D eigenvalue weighted by molar-refractivity contribution is -0.141. The van der Waals surface area contributed by atoms with Crippen LogP contribution in [0.25, 0.3) is 0 Å². The summed E-state index contributed by atoms with van der Waals surface area (Å²) >= 11 is 0. The van der Waals surface area contributed by atoms with Gasteiger partial charge in [-0.15, -0.1) is 0 Å². The number of fused-ring (bicyclic) bond motifs is 1. The van der Waals surface area contributed by atoms with Crippen LogP contribution in [0.4, 0.5) is 0 Å². The number of amides is 2. The van der Waals surface area contributed by atoms with E-state index in [1.165, 1.54) is 11.1 Å². The van der Waals surface area contributed by atoms with Gasteiger partial charge in [0.15, 0.2) is 0 Å². The Bertz CT molecular complexity index is 597. The van der Waals surface area contributed by atoms with Crippen LogP contribution in [0.2, 0.25) is 0 Å². The Hall–Kier alpha value is -1.84. The molecule has 2 atom stereocenters. The van der Waals surface area contributed by atoms with Gasteiger partial charge in [0.25, 0.3) is 0 Å². The molecule has 2 aliphatic rings. The van der Waals surface area contributed by atoms with E-state index in [9.17, 15) is 9.59 Å². The van der Waals surface area contributed by atoms with Crippen molar-refractivity contribution in [3.8, 4) is 0 Å². The van der Waals surface area contributed by atoms with Gasteiger partial charge >= 0.3 is 0 Å². The van der Waals surface area contributed by atoms with Gasteiger partial charge in [-0.25, -0.2) is 0 Å². The zero-order valence-electron chi connectivity index (χ0n) is 14.0. The second kappa shape index (κ2) is 6.73. The number of rotatable bonds is 3. The highest BCUT2D eigenvalue weighted by molar-refractivity contribution is 5.89. The molecule has 2 amide bonds. The summed E-state index contributed by atoms with van der Waals surface area (Å²) in [6.45, 7) is 4.50. The lowest BCUT2D eigenvalue weighted by atomic mass is 9.87. The zero-order valence-corrected chi connectivity index (χ0v) is 14.0. The maximum atomic E-state index is 12.8. The van der Waals surface area contributed by atoms with Gasteiger partial charge < -0.3 is 10.2 Å². The first kappa shape index (κ1) is 16.0. The minimum atomic E-state index is -0.293. The van der Waals surface area contributed by atoms with Crippen molar-refractivity contribution in [2.75, 3.05) is 6.54 Å². The summed E-state index contributed by atoms with van der Waals surface area (Å²) in [5.41, 5.74) is 2.58. The van der Waals surface area contributed by atoms with Crippen LogP contribution in [0.3, 0.4) is 0 Å². The summed E-state index contributed by atoms with van der Waals surface area (Å²) in [6.07, 6.45) is 4.86. The molecular formula is C19H26N2O2. The molecule has 1 fully saturated rings. The molecule has 23 heavy (non-hydrogen) atoms. The van der Waals surface area contributed by atoms with Crippen LogP contribution in [0.1, 0.15) is 56.7 Å². The third-order valence-electron chi connectivity index (χ3n) is 5.02. The number of nitrogens with zero attached hydrogens (tertiary/aromatic N) is 1. The summed E-state index contributed by atoms with van der Waals surface area (Å²) in [4.78, 5) is 26.8. The minimum absolute atomic E-state index is 0.0122. The highest BCUT2D eigenvalue weighted by Gasteiger charge is 2.36. The van der Waals surface area contributed by atoms with E-state index in [-0.39, 0.29) is 29.8 Å². The van der Waals surface area contributed by atoms with Crippen molar-refractivity contribution in [1.82, 2.24) is 10.2 Å². The Labute approximate surface area is 138 Å².